The van der Waals surface area contributed by atoms with Crippen LogP contribution in [0.2, 0.25) is 0 Å². The van der Waals surface area contributed by atoms with Gasteiger partial charge >= 0.3 is 0 Å². The van der Waals surface area contributed by atoms with Crippen LogP contribution in [0.3, 0.4) is 0 Å². The van der Waals surface area contributed by atoms with Crippen LogP contribution in [-0.2, 0) is 15.0 Å². The molecule has 158 valence electrons. The highest BCUT2D eigenvalue weighted by Crippen LogP contribution is 2.31. The average Bonchev–Trinajstić information content (AvgIpc) is 2.80. The van der Waals surface area contributed by atoms with Gasteiger partial charge in [-0.15, -0.1) is 0 Å². The lowest BCUT2D eigenvalue weighted by molar-refractivity contribution is -0.119. The van der Waals surface area contributed by atoms with E-state index >= 15 is 0 Å². The number of fused-ring (bicyclic) bond motifs is 1. The van der Waals surface area contributed by atoms with Gasteiger partial charge in [0.15, 0.2) is 0 Å². The Balaban J connectivity index is 1.78. The Bertz CT molecular complexity index is 960. The van der Waals surface area contributed by atoms with E-state index in [1.807, 2.05) is 37.3 Å². The molecular formula is C24H29N3O3. The highest BCUT2D eigenvalue weighted by molar-refractivity contribution is 6.06. The molecule has 0 spiro atoms. The van der Waals surface area contributed by atoms with Gasteiger partial charge in [0.25, 0.3) is 5.91 Å². The van der Waals surface area contributed by atoms with Gasteiger partial charge in [0.2, 0.25) is 11.8 Å². The number of para-hydroxylation sites is 2. The minimum atomic E-state index is -0.310. The number of nitrogens with one attached hydrogen (secondary N) is 1. The monoisotopic (exact) mass is 407 g/mol. The molecule has 3 rings (SSSR count). The maximum Gasteiger partial charge on any atom is 0.254 e. The molecule has 0 fully saturated rings. The average molecular weight is 408 g/mol. The summed E-state index contributed by atoms with van der Waals surface area (Å²) in [7, 11) is 1.62. The van der Waals surface area contributed by atoms with Crippen molar-refractivity contribution in [1.82, 2.24) is 4.90 Å². The number of benzene rings is 2. The third-order valence-electron chi connectivity index (χ3n) is 5.34. The number of carbonyl (C=O) groups excluding carboxylic acids is 3. The number of anilines is 2. The molecule has 2 aromatic carbocycles. The molecule has 1 atom stereocenters. The minimum Gasteiger partial charge on any atom is -0.332 e. The first kappa shape index (κ1) is 21.6. The summed E-state index contributed by atoms with van der Waals surface area (Å²) in [6, 6.07) is 14.4. The van der Waals surface area contributed by atoms with Crippen molar-refractivity contribution in [3.63, 3.8) is 0 Å². The van der Waals surface area contributed by atoms with Crippen molar-refractivity contribution in [2.45, 2.75) is 45.6 Å². The first-order chi connectivity index (χ1) is 14.1. The van der Waals surface area contributed by atoms with Crippen molar-refractivity contribution < 1.29 is 14.4 Å². The number of hydrogen-bond donors (Lipinski definition) is 1. The molecule has 3 amide bonds. The molecule has 0 aliphatic carbocycles. The summed E-state index contributed by atoms with van der Waals surface area (Å²) in [6.45, 7) is 8.12. The van der Waals surface area contributed by atoms with Crippen LogP contribution >= 0.6 is 0 Å². The molecule has 6 nitrogen and oxygen atoms in total. The SMILES string of the molecule is C[C@@H]1CC(=O)Nc2ccccc2N1C(=O)CN(C)C(=O)c1ccc(C(C)(C)C)cc1. The van der Waals surface area contributed by atoms with E-state index < -0.39 is 0 Å². The number of hydrogen-bond acceptors (Lipinski definition) is 3. The van der Waals surface area contributed by atoms with E-state index in [-0.39, 0.29) is 42.1 Å². The maximum absolute atomic E-state index is 13.2. The van der Waals surface area contributed by atoms with Gasteiger partial charge in [-0.3, -0.25) is 14.4 Å². The molecule has 30 heavy (non-hydrogen) atoms. The number of likely N-dealkylation sites (N-methyl/N-ethyl adjacent to an activating group) is 1. The van der Waals surface area contributed by atoms with E-state index in [4.69, 9.17) is 0 Å². The lowest BCUT2D eigenvalue weighted by Crippen LogP contribution is -2.45. The van der Waals surface area contributed by atoms with Crippen molar-refractivity contribution in [2.75, 3.05) is 23.8 Å². The summed E-state index contributed by atoms with van der Waals surface area (Å²) in [6.07, 6.45) is 0.201. The Kier molecular flexibility index (Phi) is 5.97. The quantitative estimate of drug-likeness (QED) is 0.841. The normalized spacial score (nSPS) is 16.4. The largest absolute Gasteiger partial charge is 0.332 e. The summed E-state index contributed by atoms with van der Waals surface area (Å²) in [5, 5.41) is 2.84. The summed E-state index contributed by atoms with van der Waals surface area (Å²) in [5.74, 6) is -0.573. The summed E-state index contributed by atoms with van der Waals surface area (Å²) < 4.78 is 0. The Morgan fingerprint density at radius 1 is 1.10 bits per heavy atom. The molecule has 0 bridgehead atoms. The van der Waals surface area contributed by atoms with E-state index in [2.05, 4.69) is 26.1 Å². The Hall–Kier alpha value is -3.15. The van der Waals surface area contributed by atoms with Crippen LogP contribution in [0.1, 0.15) is 50.0 Å². The van der Waals surface area contributed by atoms with Crippen LogP contribution < -0.4 is 10.2 Å². The molecule has 0 unspecified atom stereocenters. The molecule has 0 aromatic heterocycles. The minimum absolute atomic E-state index is 0.00517. The van der Waals surface area contributed by atoms with Gasteiger partial charge in [-0.05, 0) is 42.2 Å². The lowest BCUT2D eigenvalue weighted by Gasteiger charge is -2.29. The lowest BCUT2D eigenvalue weighted by atomic mass is 9.86. The van der Waals surface area contributed by atoms with E-state index in [1.54, 1.807) is 30.1 Å². The smallest absolute Gasteiger partial charge is 0.254 e. The van der Waals surface area contributed by atoms with Gasteiger partial charge in [-0.25, -0.2) is 0 Å². The molecule has 1 aliphatic heterocycles. The van der Waals surface area contributed by atoms with Gasteiger partial charge < -0.3 is 15.1 Å². The van der Waals surface area contributed by atoms with Crippen LogP contribution in [-0.4, -0.2) is 42.3 Å². The second kappa shape index (κ2) is 8.30. The number of rotatable bonds is 3. The second-order valence-electron chi connectivity index (χ2n) is 8.87. The predicted octanol–water partition coefficient (Wildman–Crippen LogP) is 3.82. The van der Waals surface area contributed by atoms with Crippen molar-refractivity contribution in [2.24, 2.45) is 0 Å². The fraction of sp³-hybridized carbons (Fsp3) is 0.375. The second-order valence-corrected chi connectivity index (χ2v) is 8.87. The fourth-order valence-corrected chi connectivity index (χ4v) is 3.65. The zero-order chi connectivity index (χ0) is 22.1. The molecule has 1 aliphatic rings. The number of amides is 3. The molecular weight excluding hydrogens is 378 g/mol. The standard InChI is InChI=1S/C24H29N3O3/c1-16-14-21(28)25-19-8-6-7-9-20(19)27(16)22(29)15-26(5)23(30)17-10-12-18(13-11-17)24(2,3)4/h6-13,16H,14-15H2,1-5H3,(H,25,28)/t16-/m1/s1. The van der Waals surface area contributed by atoms with Gasteiger partial charge in [0, 0.05) is 25.1 Å². The maximum atomic E-state index is 13.2. The van der Waals surface area contributed by atoms with E-state index in [0.29, 0.717) is 16.9 Å². The van der Waals surface area contributed by atoms with E-state index in [9.17, 15) is 14.4 Å². The first-order valence-corrected chi connectivity index (χ1v) is 10.1. The highest BCUT2D eigenvalue weighted by Gasteiger charge is 2.30. The van der Waals surface area contributed by atoms with Gasteiger partial charge in [-0.2, -0.15) is 0 Å². The Morgan fingerprint density at radius 3 is 2.37 bits per heavy atom. The summed E-state index contributed by atoms with van der Waals surface area (Å²) >= 11 is 0. The molecule has 1 N–H and O–H groups in total. The molecule has 1 heterocycles. The molecule has 0 saturated carbocycles. The summed E-state index contributed by atoms with van der Waals surface area (Å²) in [4.78, 5) is 41.2. The van der Waals surface area contributed by atoms with Crippen LogP contribution in [0.5, 0.6) is 0 Å². The Labute approximate surface area is 177 Å². The van der Waals surface area contributed by atoms with Crippen molar-refractivity contribution in [1.29, 1.82) is 0 Å². The number of carbonyl (C=O) groups is 3. The van der Waals surface area contributed by atoms with E-state index in [1.165, 1.54) is 4.90 Å². The van der Waals surface area contributed by atoms with Gasteiger partial charge in [0.05, 0.1) is 11.4 Å². The van der Waals surface area contributed by atoms with Crippen LogP contribution in [0.15, 0.2) is 48.5 Å². The molecule has 0 saturated heterocycles. The molecule has 0 radical (unpaired) electrons. The van der Waals surface area contributed by atoms with Crippen LogP contribution in [0.25, 0.3) is 0 Å². The first-order valence-electron chi connectivity index (χ1n) is 10.1. The van der Waals surface area contributed by atoms with Gasteiger partial charge in [0.1, 0.15) is 6.54 Å². The third kappa shape index (κ3) is 4.53. The van der Waals surface area contributed by atoms with Gasteiger partial charge in [-0.1, -0.05) is 45.0 Å². The van der Waals surface area contributed by atoms with Crippen molar-refractivity contribution >= 4 is 29.1 Å². The Morgan fingerprint density at radius 2 is 1.73 bits per heavy atom. The van der Waals surface area contributed by atoms with Crippen molar-refractivity contribution in [3.8, 4) is 0 Å². The van der Waals surface area contributed by atoms with Crippen LogP contribution in [0.4, 0.5) is 11.4 Å². The molecule has 2 aromatic rings. The van der Waals surface area contributed by atoms with Crippen molar-refractivity contribution in [3.05, 3.63) is 59.7 Å². The van der Waals surface area contributed by atoms with E-state index in [0.717, 1.165) is 5.56 Å². The summed E-state index contributed by atoms with van der Waals surface area (Å²) in [5.41, 5.74) is 2.94. The fourth-order valence-electron chi connectivity index (χ4n) is 3.65. The number of nitrogens with zero attached hydrogens (tertiary/aromatic N) is 2. The third-order valence-corrected chi connectivity index (χ3v) is 5.34. The highest BCUT2D eigenvalue weighted by atomic mass is 16.2. The molecule has 6 heteroatoms. The predicted molar refractivity (Wildman–Crippen MR) is 119 cm³/mol. The zero-order valence-corrected chi connectivity index (χ0v) is 18.2. The van der Waals surface area contributed by atoms with Crippen LogP contribution in [0, 0.1) is 0 Å². The topological polar surface area (TPSA) is 69.7 Å². The zero-order valence-electron chi connectivity index (χ0n) is 18.2.